The van der Waals surface area contributed by atoms with Crippen LogP contribution in [-0.4, -0.2) is 10.9 Å². The molecule has 4 N–H and O–H groups in total. The number of hydrogen-bond acceptors (Lipinski definition) is 5. The van der Waals surface area contributed by atoms with Crippen molar-refractivity contribution in [1.29, 1.82) is 0 Å². The van der Waals surface area contributed by atoms with Crippen LogP contribution in [-0.2, 0) is 6.54 Å². The number of pyridine rings is 1. The second-order valence-corrected chi connectivity index (χ2v) is 5.77. The molecule has 0 aliphatic heterocycles. The van der Waals surface area contributed by atoms with Crippen LogP contribution in [0.25, 0.3) is 0 Å². The first-order valence-electron chi connectivity index (χ1n) is 7.94. The summed E-state index contributed by atoms with van der Waals surface area (Å²) in [7, 11) is 0. The lowest BCUT2D eigenvalue weighted by molar-refractivity contribution is 0.102. The summed E-state index contributed by atoms with van der Waals surface area (Å²) >= 11 is 0. The summed E-state index contributed by atoms with van der Waals surface area (Å²) in [5, 5.41) is 6.14. The molecule has 0 unspecified atom stereocenters. The zero-order chi connectivity index (χ0) is 17.8. The number of anilines is 3. The van der Waals surface area contributed by atoms with Gasteiger partial charge in [-0.05, 0) is 49.7 Å². The maximum absolute atomic E-state index is 12.4. The van der Waals surface area contributed by atoms with Crippen LogP contribution >= 0.6 is 0 Å². The average Bonchev–Trinajstić information content (AvgIpc) is 2.93. The highest BCUT2D eigenvalue weighted by atomic mass is 16.3. The molecule has 1 aromatic carbocycles. The second-order valence-electron chi connectivity index (χ2n) is 5.77. The topological polar surface area (TPSA) is 93.2 Å². The zero-order valence-corrected chi connectivity index (χ0v) is 14.2. The standard InChI is InChI=1S/C19H20N4O2/c1-12-9-16(13(2)25-12)19(24)23-15-6-3-5-14(10-15)11-22-17-7-4-8-21-18(17)20/h3-10,22H,11H2,1-2H3,(H2,20,21)(H,23,24). The molecule has 2 heterocycles. The van der Waals surface area contributed by atoms with E-state index in [4.69, 9.17) is 10.2 Å². The molecular weight excluding hydrogens is 316 g/mol. The van der Waals surface area contributed by atoms with Crippen molar-refractivity contribution in [2.45, 2.75) is 20.4 Å². The molecule has 2 aromatic heterocycles. The molecule has 0 aliphatic rings. The van der Waals surface area contributed by atoms with Crippen LogP contribution < -0.4 is 16.4 Å². The maximum Gasteiger partial charge on any atom is 0.259 e. The Labute approximate surface area is 146 Å². The summed E-state index contributed by atoms with van der Waals surface area (Å²) in [6.07, 6.45) is 1.65. The van der Waals surface area contributed by atoms with Gasteiger partial charge in [-0.1, -0.05) is 12.1 Å². The van der Waals surface area contributed by atoms with Crippen molar-refractivity contribution in [3.63, 3.8) is 0 Å². The molecule has 128 valence electrons. The minimum absolute atomic E-state index is 0.184. The zero-order valence-electron chi connectivity index (χ0n) is 14.2. The lowest BCUT2D eigenvalue weighted by atomic mass is 10.1. The van der Waals surface area contributed by atoms with Crippen LogP contribution in [0.3, 0.4) is 0 Å². The Hall–Kier alpha value is -3.28. The predicted molar refractivity (Wildman–Crippen MR) is 98.6 cm³/mol. The number of rotatable bonds is 5. The van der Waals surface area contributed by atoms with E-state index in [2.05, 4.69) is 15.6 Å². The molecule has 0 spiro atoms. The molecule has 6 nitrogen and oxygen atoms in total. The summed E-state index contributed by atoms with van der Waals surface area (Å²) in [6.45, 7) is 4.17. The maximum atomic E-state index is 12.4. The van der Waals surface area contributed by atoms with E-state index in [1.165, 1.54) is 0 Å². The smallest absolute Gasteiger partial charge is 0.259 e. The number of furan rings is 1. The Balaban J connectivity index is 1.68. The third-order valence-corrected chi connectivity index (χ3v) is 3.79. The number of nitrogen functional groups attached to an aromatic ring is 1. The fourth-order valence-corrected chi connectivity index (χ4v) is 2.58. The number of nitrogens with zero attached hydrogens (tertiary/aromatic N) is 1. The second kappa shape index (κ2) is 7.09. The van der Waals surface area contributed by atoms with Crippen LogP contribution in [0.1, 0.15) is 27.4 Å². The van der Waals surface area contributed by atoms with Gasteiger partial charge in [-0.2, -0.15) is 0 Å². The number of amides is 1. The highest BCUT2D eigenvalue weighted by molar-refractivity contribution is 6.05. The largest absolute Gasteiger partial charge is 0.466 e. The molecule has 0 fully saturated rings. The van der Waals surface area contributed by atoms with Gasteiger partial charge in [0.05, 0.1) is 11.3 Å². The van der Waals surface area contributed by atoms with Crippen LogP contribution in [0.4, 0.5) is 17.2 Å². The van der Waals surface area contributed by atoms with Crippen molar-refractivity contribution in [3.05, 3.63) is 71.3 Å². The van der Waals surface area contributed by atoms with E-state index < -0.39 is 0 Å². The van der Waals surface area contributed by atoms with E-state index in [9.17, 15) is 4.79 Å². The molecule has 0 saturated carbocycles. The molecule has 25 heavy (non-hydrogen) atoms. The van der Waals surface area contributed by atoms with Gasteiger partial charge in [0.15, 0.2) is 0 Å². The third-order valence-electron chi connectivity index (χ3n) is 3.79. The molecule has 0 bridgehead atoms. The van der Waals surface area contributed by atoms with Gasteiger partial charge in [-0.15, -0.1) is 0 Å². The monoisotopic (exact) mass is 336 g/mol. The normalized spacial score (nSPS) is 10.5. The molecule has 0 radical (unpaired) electrons. The summed E-state index contributed by atoms with van der Waals surface area (Å²) in [4.78, 5) is 16.4. The van der Waals surface area contributed by atoms with Crippen molar-refractivity contribution < 1.29 is 9.21 Å². The molecule has 6 heteroatoms. The number of benzene rings is 1. The molecule has 0 saturated heterocycles. The van der Waals surface area contributed by atoms with Gasteiger partial charge in [0.2, 0.25) is 0 Å². The summed E-state index contributed by atoms with van der Waals surface area (Å²) in [5.74, 6) is 1.60. The van der Waals surface area contributed by atoms with Gasteiger partial charge in [-0.3, -0.25) is 4.79 Å². The minimum Gasteiger partial charge on any atom is -0.466 e. The Kier molecular flexibility index (Phi) is 4.70. The highest BCUT2D eigenvalue weighted by Gasteiger charge is 2.13. The highest BCUT2D eigenvalue weighted by Crippen LogP contribution is 2.19. The Morgan fingerprint density at radius 3 is 2.76 bits per heavy atom. The van der Waals surface area contributed by atoms with Crippen molar-refractivity contribution >= 4 is 23.1 Å². The molecule has 3 rings (SSSR count). The van der Waals surface area contributed by atoms with E-state index in [1.807, 2.05) is 43.3 Å². The minimum atomic E-state index is -0.184. The first-order chi connectivity index (χ1) is 12.0. The summed E-state index contributed by atoms with van der Waals surface area (Å²) < 4.78 is 5.41. The Morgan fingerprint density at radius 1 is 1.20 bits per heavy atom. The van der Waals surface area contributed by atoms with Gasteiger partial charge >= 0.3 is 0 Å². The molecule has 3 aromatic rings. The first-order valence-corrected chi connectivity index (χ1v) is 7.94. The molecule has 0 aliphatic carbocycles. The van der Waals surface area contributed by atoms with Crippen molar-refractivity contribution in [2.75, 3.05) is 16.4 Å². The Bertz CT molecular complexity index is 902. The summed E-state index contributed by atoms with van der Waals surface area (Å²) in [5.41, 5.74) is 8.88. The van der Waals surface area contributed by atoms with Crippen molar-refractivity contribution in [3.8, 4) is 0 Å². The quantitative estimate of drug-likeness (QED) is 0.660. The predicted octanol–water partition coefficient (Wildman–Crippen LogP) is 3.74. The SMILES string of the molecule is Cc1cc(C(=O)Nc2cccc(CNc3cccnc3N)c2)c(C)o1. The number of nitrogens with one attached hydrogen (secondary N) is 2. The fourth-order valence-electron chi connectivity index (χ4n) is 2.58. The van der Waals surface area contributed by atoms with Gasteiger partial charge in [0, 0.05) is 18.4 Å². The van der Waals surface area contributed by atoms with Gasteiger partial charge in [0.1, 0.15) is 17.3 Å². The van der Waals surface area contributed by atoms with Crippen molar-refractivity contribution in [2.24, 2.45) is 0 Å². The van der Waals surface area contributed by atoms with E-state index in [1.54, 1.807) is 19.2 Å². The van der Waals surface area contributed by atoms with Gasteiger partial charge < -0.3 is 20.8 Å². The van der Waals surface area contributed by atoms with Gasteiger partial charge in [-0.25, -0.2) is 4.98 Å². The molecule has 0 atom stereocenters. The number of nitrogens with two attached hydrogens (primary N) is 1. The molecule has 1 amide bonds. The van der Waals surface area contributed by atoms with Crippen LogP contribution in [0.2, 0.25) is 0 Å². The number of aromatic nitrogens is 1. The number of aryl methyl sites for hydroxylation is 2. The van der Waals surface area contributed by atoms with Crippen LogP contribution in [0, 0.1) is 13.8 Å². The van der Waals surface area contributed by atoms with E-state index in [0.717, 1.165) is 22.7 Å². The van der Waals surface area contributed by atoms with Crippen LogP contribution in [0.15, 0.2) is 53.1 Å². The Morgan fingerprint density at radius 2 is 2.04 bits per heavy atom. The third kappa shape index (κ3) is 3.98. The van der Waals surface area contributed by atoms with Gasteiger partial charge in [0.25, 0.3) is 5.91 Å². The summed E-state index contributed by atoms with van der Waals surface area (Å²) in [6, 6.07) is 13.1. The van der Waals surface area contributed by atoms with Crippen LogP contribution in [0.5, 0.6) is 0 Å². The lowest BCUT2D eigenvalue weighted by Gasteiger charge is -2.10. The molecular formula is C19H20N4O2. The number of carbonyl (C=O) groups is 1. The lowest BCUT2D eigenvalue weighted by Crippen LogP contribution is -2.12. The van der Waals surface area contributed by atoms with E-state index in [0.29, 0.717) is 23.7 Å². The number of carbonyl (C=O) groups excluding carboxylic acids is 1. The first kappa shape index (κ1) is 16.6. The van der Waals surface area contributed by atoms with E-state index in [-0.39, 0.29) is 5.91 Å². The number of hydrogen-bond donors (Lipinski definition) is 3. The average molecular weight is 336 g/mol. The van der Waals surface area contributed by atoms with Crippen molar-refractivity contribution in [1.82, 2.24) is 4.98 Å². The fraction of sp³-hybridized carbons (Fsp3) is 0.158. The van der Waals surface area contributed by atoms with E-state index >= 15 is 0 Å².